The molecule has 3 N–H and O–H groups in total. The summed E-state index contributed by atoms with van der Waals surface area (Å²) in [5, 5.41) is 1.79. The van der Waals surface area contributed by atoms with Gasteiger partial charge in [-0.25, -0.2) is 18.1 Å². The number of hydrogen-bond acceptors (Lipinski definition) is 5. The molecule has 0 fully saturated rings. The lowest BCUT2D eigenvalue weighted by Gasteiger charge is -2.07. The van der Waals surface area contributed by atoms with Crippen LogP contribution >= 0.6 is 11.3 Å². The third kappa shape index (κ3) is 3.65. The molecule has 0 saturated heterocycles. The Bertz CT molecular complexity index is 728. The zero-order valence-corrected chi connectivity index (χ0v) is 12.2. The molecule has 0 atom stereocenters. The number of thiazole rings is 1. The van der Waals surface area contributed by atoms with E-state index in [1.165, 1.54) is 17.4 Å². The van der Waals surface area contributed by atoms with Crippen molar-refractivity contribution in [1.82, 2.24) is 9.71 Å². The molecular weight excluding hydrogens is 294 g/mol. The molecule has 2 rings (SSSR count). The molecule has 2 aromatic rings. The lowest BCUT2D eigenvalue weighted by molar-refractivity contribution is 0.580. The molecule has 104 valence electrons. The number of nitrogens with zero attached hydrogens (tertiary/aromatic N) is 1. The number of nitrogens with two attached hydrogens (primary N) is 1. The molecule has 7 heteroatoms. The Hall–Kier alpha value is -1.72. The molecule has 0 bridgehead atoms. The molecule has 0 aliphatic carbocycles. The predicted octanol–water partition coefficient (Wildman–Crippen LogP) is 0.932. The van der Waals surface area contributed by atoms with E-state index >= 15 is 0 Å². The fraction of sp³-hybridized carbons (Fsp3) is 0.154. The van der Waals surface area contributed by atoms with Crippen LogP contribution in [0.2, 0.25) is 0 Å². The molecule has 0 unspecified atom stereocenters. The van der Waals surface area contributed by atoms with E-state index in [2.05, 4.69) is 21.5 Å². The molecule has 5 nitrogen and oxygen atoms in total. The highest BCUT2D eigenvalue weighted by molar-refractivity contribution is 7.89. The Morgan fingerprint density at radius 2 is 2.15 bits per heavy atom. The van der Waals surface area contributed by atoms with Crippen LogP contribution in [-0.2, 0) is 16.6 Å². The van der Waals surface area contributed by atoms with Crippen molar-refractivity contribution in [3.05, 3.63) is 46.4 Å². The number of aromatic nitrogens is 1. The van der Waals surface area contributed by atoms with E-state index in [-0.39, 0.29) is 18.0 Å². The summed E-state index contributed by atoms with van der Waals surface area (Å²) in [7, 11) is -3.63. The molecule has 0 saturated carbocycles. The Labute approximate surface area is 121 Å². The third-order valence-electron chi connectivity index (χ3n) is 2.43. The summed E-state index contributed by atoms with van der Waals surface area (Å²) in [4.78, 5) is 4.18. The minimum Gasteiger partial charge on any atom is -0.320 e. The first-order valence-corrected chi connectivity index (χ1v) is 8.21. The Morgan fingerprint density at radius 1 is 1.35 bits per heavy atom. The van der Waals surface area contributed by atoms with Crippen molar-refractivity contribution in [1.29, 1.82) is 0 Å². The number of rotatable bonds is 4. The molecule has 20 heavy (non-hydrogen) atoms. The van der Waals surface area contributed by atoms with Gasteiger partial charge in [0.1, 0.15) is 0 Å². The second-order valence-corrected chi connectivity index (χ2v) is 6.26. The van der Waals surface area contributed by atoms with Crippen LogP contribution in [-0.4, -0.2) is 19.9 Å². The molecule has 0 amide bonds. The highest BCUT2D eigenvalue weighted by atomic mass is 32.2. The van der Waals surface area contributed by atoms with Crippen molar-refractivity contribution in [2.75, 3.05) is 6.54 Å². The summed E-state index contributed by atoms with van der Waals surface area (Å²) in [5.74, 6) is 5.43. The molecule has 0 radical (unpaired) electrons. The maximum Gasteiger partial charge on any atom is 0.242 e. The van der Waals surface area contributed by atoms with E-state index in [4.69, 9.17) is 5.73 Å². The molecule has 1 aromatic carbocycles. The maximum absolute atomic E-state index is 12.3. The van der Waals surface area contributed by atoms with Gasteiger partial charge in [-0.2, -0.15) is 0 Å². The summed E-state index contributed by atoms with van der Waals surface area (Å²) in [6.45, 7) is 0.338. The van der Waals surface area contributed by atoms with Crippen LogP contribution in [0.4, 0.5) is 0 Å². The van der Waals surface area contributed by atoms with Gasteiger partial charge in [0.15, 0.2) is 0 Å². The first kappa shape index (κ1) is 14.7. The fourth-order valence-corrected chi connectivity index (χ4v) is 3.24. The second-order valence-electron chi connectivity index (χ2n) is 3.81. The van der Waals surface area contributed by atoms with Crippen molar-refractivity contribution < 1.29 is 8.42 Å². The van der Waals surface area contributed by atoms with E-state index in [1.807, 2.05) is 0 Å². The van der Waals surface area contributed by atoms with E-state index < -0.39 is 10.0 Å². The van der Waals surface area contributed by atoms with Gasteiger partial charge in [0.05, 0.1) is 29.2 Å². The van der Waals surface area contributed by atoms with Gasteiger partial charge in [-0.1, -0.05) is 24.0 Å². The third-order valence-corrected chi connectivity index (χ3v) is 4.52. The van der Waals surface area contributed by atoms with Crippen LogP contribution in [0.5, 0.6) is 0 Å². The van der Waals surface area contributed by atoms with Gasteiger partial charge in [-0.05, 0) is 12.1 Å². The van der Waals surface area contributed by atoms with Gasteiger partial charge >= 0.3 is 0 Å². The zero-order chi connectivity index (χ0) is 14.4. The SMILES string of the molecule is NCC#Cc1ccccc1S(=O)(=O)NCc1cscn1. The Morgan fingerprint density at radius 3 is 2.85 bits per heavy atom. The van der Waals surface area contributed by atoms with E-state index in [0.29, 0.717) is 11.3 Å². The topological polar surface area (TPSA) is 85.1 Å². The van der Waals surface area contributed by atoms with Gasteiger partial charge in [0.2, 0.25) is 10.0 Å². The number of benzene rings is 1. The summed E-state index contributed by atoms with van der Waals surface area (Å²) in [5.41, 5.74) is 8.09. The molecule has 1 heterocycles. The van der Waals surface area contributed by atoms with E-state index in [0.717, 1.165) is 0 Å². The lowest BCUT2D eigenvalue weighted by Crippen LogP contribution is -2.24. The van der Waals surface area contributed by atoms with E-state index in [9.17, 15) is 8.42 Å². The monoisotopic (exact) mass is 307 g/mol. The average Bonchev–Trinajstić information content (AvgIpc) is 2.97. The van der Waals surface area contributed by atoms with Crippen LogP contribution in [0.25, 0.3) is 0 Å². The number of nitrogens with one attached hydrogen (secondary N) is 1. The van der Waals surface area contributed by atoms with Gasteiger partial charge < -0.3 is 5.73 Å². The standard InChI is InChI=1S/C13H13N3O2S2/c14-7-3-5-11-4-1-2-6-13(11)20(17,18)16-8-12-9-19-10-15-12/h1-2,4,6,9-10,16H,7-8,14H2. The highest BCUT2D eigenvalue weighted by Crippen LogP contribution is 2.14. The van der Waals surface area contributed by atoms with Gasteiger partial charge in [0.25, 0.3) is 0 Å². The zero-order valence-electron chi connectivity index (χ0n) is 10.5. The predicted molar refractivity (Wildman–Crippen MR) is 78.5 cm³/mol. The van der Waals surface area contributed by atoms with Crippen molar-refractivity contribution in [2.24, 2.45) is 5.73 Å². The van der Waals surface area contributed by atoms with E-state index in [1.54, 1.807) is 29.1 Å². The van der Waals surface area contributed by atoms with Crippen LogP contribution in [0.3, 0.4) is 0 Å². The van der Waals surface area contributed by atoms with Crippen LogP contribution in [0, 0.1) is 11.8 Å². The Kier molecular flexibility index (Phi) is 4.87. The summed E-state index contributed by atoms with van der Waals surface area (Å²) < 4.78 is 27.1. The first-order chi connectivity index (χ1) is 9.63. The van der Waals surface area contributed by atoms with Crippen molar-refractivity contribution in [2.45, 2.75) is 11.4 Å². The fourth-order valence-electron chi connectivity index (χ4n) is 1.52. The van der Waals surface area contributed by atoms with Gasteiger partial charge in [0, 0.05) is 10.9 Å². The summed E-state index contributed by atoms with van der Waals surface area (Å²) >= 11 is 1.42. The quantitative estimate of drug-likeness (QED) is 0.823. The minimum absolute atomic E-state index is 0.149. The largest absolute Gasteiger partial charge is 0.320 e. The first-order valence-electron chi connectivity index (χ1n) is 5.78. The average molecular weight is 307 g/mol. The number of hydrogen-bond donors (Lipinski definition) is 2. The lowest BCUT2D eigenvalue weighted by atomic mass is 10.2. The highest BCUT2D eigenvalue weighted by Gasteiger charge is 2.17. The summed E-state index contributed by atoms with van der Waals surface area (Å²) in [6.07, 6.45) is 0. The molecule has 0 aliphatic rings. The van der Waals surface area contributed by atoms with Crippen LogP contribution < -0.4 is 10.5 Å². The smallest absolute Gasteiger partial charge is 0.242 e. The Balaban J connectivity index is 2.25. The minimum atomic E-state index is -3.63. The van der Waals surface area contributed by atoms with Gasteiger partial charge in [-0.3, -0.25) is 0 Å². The molecule has 0 spiro atoms. The van der Waals surface area contributed by atoms with Crippen LogP contribution in [0.1, 0.15) is 11.3 Å². The normalized spacial score (nSPS) is 10.8. The maximum atomic E-state index is 12.3. The molecule has 0 aliphatic heterocycles. The molecule has 1 aromatic heterocycles. The molecular formula is C13H13N3O2S2. The van der Waals surface area contributed by atoms with Crippen LogP contribution in [0.15, 0.2) is 40.1 Å². The van der Waals surface area contributed by atoms with Crippen molar-refractivity contribution in [3.8, 4) is 11.8 Å². The van der Waals surface area contributed by atoms with Crippen molar-refractivity contribution in [3.63, 3.8) is 0 Å². The van der Waals surface area contributed by atoms with Gasteiger partial charge in [-0.15, -0.1) is 11.3 Å². The van der Waals surface area contributed by atoms with Crippen molar-refractivity contribution >= 4 is 21.4 Å². The number of sulfonamides is 1. The summed E-state index contributed by atoms with van der Waals surface area (Å²) in [6, 6.07) is 6.56. The second kappa shape index (κ2) is 6.63.